The van der Waals surface area contributed by atoms with E-state index in [1.165, 1.54) is 7.11 Å². The van der Waals surface area contributed by atoms with E-state index in [0.29, 0.717) is 19.8 Å². The number of anilines is 1. The summed E-state index contributed by atoms with van der Waals surface area (Å²) in [6.07, 6.45) is 2.65. The number of aromatic nitrogens is 2. The zero-order chi connectivity index (χ0) is 35.1. The Kier molecular flexibility index (Phi) is 9.81. The number of piperidine rings is 1. The number of nitrogens with zero attached hydrogens (tertiary/aromatic N) is 3. The maximum Gasteiger partial charge on any atom is 0.339 e. The number of carbonyl (C=O) groups is 1. The fourth-order valence-corrected chi connectivity index (χ4v) is 6.94. The van der Waals surface area contributed by atoms with E-state index >= 15 is 0 Å². The number of hydrogen-bond donors (Lipinski definition) is 0. The van der Waals surface area contributed by atoms with Gasteiger partial charge >= 0.3 is 5.97 Å². The molecule has 5 heterocycles. The number of benzene rings is 2. The van der Waals surface area contributed by atoms with Crippen LogP contribution < -0.4 is 9.64 Å². The van der Waals surface area contributed by atoms with Gasteiger partial charge in [0.1, 0.15) is 23.3 Å². The van der Waals surface area contributed by atoms with Gasteiger partial charge in [-0.25, -0.2) is 9.78 Å². The summed E-state index contributed by atoms with van der Waals surface area (Å²) in [6, 6.07) is 14.7. The van der Waals surface area contributed by atoms with Gasteiger partial charge in [-0.15, -0.1) is 0 Å². The molecule has 49 heavy (non-hydrogen) atoms. The summed E-state index contributed by atoms with van der Waals surface area (Å²) >= 11 is 0. The smallest absolute Gasteiger partial charge is 0.339 e. The Labute approximate surface area is 290 Å². The van der Waals surface area contributed by atoms with Crippen LogP contribution in [0.2, 0.25) is 0 Å². The van der Waals surface area contributed by atoms with E-state index in [-0.39, 0.29) is 11.7 Å². The molecule has 0 radical (unpaired) electrons. The van der Waals surface area contributed by atoms with Crippen LogP contribution in [0.1, 0.15) is 75.8 Å². The lowest BCUT2D eigenvalue weighted by atomic mass is 9.92. The number of hydrogen-bond acceptors (Lipinski definition) is 8. The predicted molar refractivity (Wildman–Crippen MR) is 193 cm³/mol. The number of esters is 1. The van der Waals surface area contributed by atoms with Crippen LogP contribution >= 0.6 is 0 Å². The second-order valence-electron chi connectivity index (χ2n) is 14.8. The van der Waals surface area contributed by atoms with E-state index in [4.69, 9.17) is 28.7 Å². The Morgan fingerprint density at radius 2 is 1.76 bits per heavy atom. The van der Waals surface area contributed by atoms with Gasteiger partial charge in [0, 0.05) is 36.0 Å². The van der Waals surface area contributed by atoms with Gasteiger partial charge in [-0.05, 0) is 103 Å². The Bertz CT molecular complexity index is 1830. The highest BCUT2D eigenvalue weighted by atomic mass is 16.6. The maximum absolute atomic E-state index is 13.5. The van der Waals surface area contributed by atoms with Crippen LogP contribution in [-0.2, 0) is 23.7 Å². The monoisotopic (exact) mass is 669 g/mol. The number of pyridine rings is 1. The van der Waals surface area contributed by atoms with Gasteiger partial charge in [-0.1, -0.05) is 29.8 Å². The first-order valence-corrected chi connectivity index (χ1v) is 17.4. The minimum Gasteiger partial charge on any atom is -0.488 e. The summed E-state index contributed by atoms with van der Waals surface area (Å²) in [6.45, 7) is 19.2. The largest absolute Gasteiger partial charge is 0.488 e. The fourth-order valence-electron chi connectivity index (χ4n) is 6.94. The zero-order valence-electron chi connectivity index (χ0n) is 30.5. The molecule has 0 aliphatic carbocycles. The topological polar surface area (TPSA) is 83.8 Å². The predicted octanol–water partition coefficient (Wildman–Crippen LogP) is 7.80. The first kappa shape index (κ1) is 34.9. The molecule has 9 nitrogen and oxygen atoms in total. The fraction of sp³-hybridized carbons (Fsp3) is 0.500. The lowest BCUT2D eigenvalue weighted by molar-refractivity contribution is -0.164. The molecule has 0 spiro atoms. The summed E-state index contributed by atoms with van der Waals surface area (Å²) in [5, 5.41) is 0. The third kappa shape index (κ3) is 7.35. The summed E-state index contributed by atoms with van der Waals surface area (Å²) in [5.41, 5.74) is 7.73. The Morgan fingerprint density at radius 1 is 1.02 bits per heavy atom. The number of rotatable bonds is 3. The molecule has 2 aromatic heterocycles. The number of carbonyl (C=O) groups excluding carboxylic acids is 1. The minimum atomic E-state index is -0.924. The molecule has 1 saturated heterocycles. The number of ether oxygens (including phenoxy) is 5. The van der Waals surface area contributed by atoms with Crippen molar-refractivity contribution in [2.24, 2.45) is 0 Å². The molecule has 3 aliphatic heterocycles. The quantitative estimate of drug-likeness (QED) is 0.162. The first-order chi connectivity index (χ1) is 23.3. The minimum absolute atomic E-state index is 0.137. The standard InChI is InChI=1S/C40H51N3O6/c1-25-13-14-33-31(21-25)29-11-10-12-30(22-29)32-23-43-36(41-32)28(4)27(3)34(35(38(44)45-9)49-39(5,6)7)37(43)42-17-15-40(8,16-18-42)47-20-19-46-24-26(2)48-33/h10-14,21-23,26,35H,15-20,24H2,1-9H3/t26-,35-/m0/s1. The van der Waals surface area contributed by atoms with Gasteiger partial charge in [-0.2, -0.15) is 0 Å². The van der Waals surface area contributed by atoms with E-state index < -0.39 is 17.7 Å². The summed E-state index contributed by atoms with van der Waals surface area (Å²) < 4.78 is 33.0. The lowest BCUT2D eigenvalue weighted by Gasteiger charge is -2.42. The second-order valence-corrected chi connectivity index (χ2v) is 14.8. The maximum atomic E-state index is 13.5. The van der Waals surface area contributed by atoms with E-state index in [1.807, 2.05) is 33.8 Å². The molecule has 3 aliphatic rings. The number of methoxy groups -OCH3 is 1. The third-order valence-corrected chi connectivity index (χ3v) is 9.71. The summed E-state index contributed by atoms with van der Waals surface area (Å²) in [7, 11) is 1.42. The molecule has 4 aromatic rings. The molecular formula is C40H51N3O6. The van der Waals surface area contributed by atoms with Crippen LogP contribution in [0.25, 0.3) is 28.0 Å². The Morgan fingerprint density at radius 3 is 2.47 bits per heavy atom. The average Bonchev–Trinajstić information content (AvgIpc) is 3.51. The SMILES string of the molecule is COC(=O)[C@@H](OC(C)(C)C)c1c(C)c(C)c2nc3cn2c1N1CCC(C)(CC1)OCCOC[C@H](C)Oc1ccc(C)cc1-c1cccc-3c1. The van der Waals surface area contributed by atoms with Gasteiger partial charge in [0.25, 0.3) is 0 Å². The molecule has 0 amide bonds. The van der Waals surface area contributed by atoms with E-state index in [0.717, 1.165) is 87.8 Å². The van der Waals surface area contributed by atoms with E-state index in [2.05, 4.69) is 79.6 Å². The number of fused-ring (bicyclic) bond motifs is 8. The molecule has 0 saturated carbocycles. The van der Waals surface area contributed by atoms with Crippen molar-refractivity contribution < 1.29 is 28.5 Å². The second kappa shape index (κ2) is 13.8. The van der Waals surface area contributed by atoms with Gasteiger partial charge in [-0.3, -0.25) is 4.40 Å². The van der Waals surface area contributed by atoms with Crippen molar-refractivity contribution in [2.45, 2.75) is 91.6 Å². The van der Waals surface area contributed by atoms with Crippen molar-refractivity contribution in [1.29, 1.82) is 0 Å². The van der Waals surface area contributed by atoms with Crippen LogP contribution in [0.15, 0.2) is 48.7 Å². The molecule has 2 aromatic carbocycles. The van der Waals surface area contributed by atoms with Gasteiger partial charge < -0.3 is 28.6 Å². The van der Waals surface area contributed by atoms with Crippen molar-refractivity contribution >= 4 is 17.4 Å². The molecule has 0 N–H and O–H groups in total. The lowest BCUT2D eigenvalue weighted by Crippen LogP contribution is -2.46. The zero-order valence-corrected chi connectivity index (χ0v) is 30.5. The Hall–Kier alpha value is -3.92. The first-order valence-electron chi connectivity index (χ1n) is 17.4. The highest BCUT2D eigenvalue weighted by Gasteiger charge is 2.38. The van der Waals surface area contributed by atoms with E-state index in [1.54, 1.807) is 0 Å². The van der Waals surface area contributed by atoms with Crippen molar-refractivity contribution in [2.75, 3.05) is 44.9 Å². The highest BCUT2D eigenvalue weighted by molar-refractivity contribution is 5.82. The van der Waals surface area contributed by atoms with E-state index in [9.17, 15) is 4.79 Å². The van der Waals surface area contributed by atoms with Crippen LogP contribution in [0.4, 0.5) is 5.82 Å². The van der Waals surface area contributed by atoms with Crippen LogP contribution in [-0.4, -0.2) is 72.7 Å². The Balaban J connectivity index is 1.57. The summed E-state index contributed by atoms with van der Waals surface area (Å²) in [4.78, 5) is 21.1. The summed E-state index contributed by atoms with van der Waals surface area (Å²) in [5.74, 6) is 1.28. The molecule has 1 fully saturated rings. The molecule has 0 unspecified atom stereocenters. The number of aryl methyl sites for hydroxylation is 2. The molecule has 6 bridgehead atoms. The van der Waals surface area contributed by atoms with Gasteiger partial charge in [0.05, 0.1) is 43.8 Å². The van der Waals surface area contributed by atoms with Gasteiger partial charge in [0.2, 0.25) is 0 Å². The van der Waals surface area contributed by atoms with Crippen LogP contribution in [0.5, 0.6) is 5.75 Å². The normalized spacial score (nSPS) is 20.9. The number of imidazole rings is 1. The molecule has 7 rings (SSSR count). The van der Waals surface area contributed by atoms with Crippen LogP contribution in [0.3, 0.4) is 0 Å². The average molecular weight is 670 g/mol. The molecule has 9 heteroatoms. The van der Waals surface area contributed by atoms with Crippen molar-refractivity contribution in [3.05, 3.63) is 70.9 Å². The molecule has 2 atom stereocenters. The highest BCUT2D eigenvalue weighted by Crippen LogP contribution is 2.42. The third-order valence-electron chi connectivity index (χ3n) is 9.71. The molecular weight excluding hydrogens is 618 g/mol. The van der Waals surface area contributed by atoms with Gasteiger partial charge in [0.15, 0.2) is 6.10 Å². The van der Waals surface area contributed by atoms with Crippen molar-refractivity contribution in [1.82, 2.24) is 9.38 Å². The van der Waals surface area contributed by atoms with Crippen molar-refractivity contribution in [3.63, 3.8) is 0 Å². The van der Waals surface area contributed by atoms with Crippen LogP contribution in [0, 0.1) is 20.8 Å². The molecule has 262 valence electrons. The van der Waals surface area contributed by atoms with Crippen molar-refractivity contribution in [3.8, 4) is 28.1 Å².